The van der Waals surface area contributed by atoms with E-state index in [4.69, 9.17) is 14.2 Å². The molecule has 1 amide bonds. The Morgan fingerprint density at radius 2 is 1.81 bits per heavy atom. The summed E-state index contributed by atoms with van der Waals surface area (Å²) in [5.41, 5.74) is 0.251. The molecule has 226 valence electrons. The molecule has 2 aliphatic rings. The summed E-state index contributed by atoms with van der Waals surface area (Å²) in [6, 6.07) is 5.90. The van der Waals surface area contributed by atoms with Crippen molar-refractivity contribution in [3.63, 3.8) is 0 Å². The Labute approximate surface area is 235 Å². The Kier molecular flexibility index (Phi) is 8.58. The van der Waals surface area contributed by atoms with E-state index >= 15 is 0 Å². The number of methoxy groups -OCH3 is 1. The number of cyclic esters (lactones) is 1. The number of ether oxygens (including phenoxy) is 4. The van der Waals surface area contributed by atoms with E-state index in [1.807, 2.05) is 0 Å². The topological polar surface area (TPSA) is 128 Å². The molecular weight excluding hydrogens is 575 g/mol. The maximum absolute atomic E-state index is 13.8. The predicted molar refractivity (Wildman–Crippen MR) is 132 cm³/mol. The molecule has 0 bridgehead atoms. The minimum Gasteiger partial charge on any atom is -0.444 e. The third-order valence-corrected chi connectivity index (χ3v) is 7.07. The maximum atomic E-state index is 13.8. The van der Waals surface area contributed by atoms with Crippen molar-refractivity contribution in [1.82, 2.24) is 15.0 Å². The fourth-order valence-electron chi connectivity index (χ4n) is 5.14. The van der Waals surface area contributed by atoms with Crippen molar-refractivity contribution in [3.05, 3.63) is 60.0 Å². The second-order valence-electron chi connectivity index (χ2n) is 9.64. The number of nitrogens with zero attached hydrogens (tertiary/aromatic N) is 4. The van der Waals surface area contributed by atoms with Gasteiger partial charge in [0, 0.05) is 24.8 Å². The molecular formula is C26H25F5N4O7. The average Bonchev–Trinajstić information content (AvgIpc) is 3.59. The fraction of sp³-hybridized carbons (Fsp3) is 0.423. The summed E-state index contributed by atoms with van der Waals surface area (Å²) in [5.74, 6) is -4.55. The molecule has 1 unspecified atom stereocenters. The van der Waals surface area contributed by atoms with Crippen LogP contribution >= 0.6 is 0 Å². The number of aliphatic hydroxyl groups excluding tert-OH is 2. The number of hydrogen-bond acceptors (Lipinski definition) is 9. The zero-order valence-electron chi connectivity index (χ0n) is 21.8. The van der Waals surface area contributed by atoms with E-state index in [2.05, 4.69) is 15.0 Å². The lowest BCUT2D eigenvalue weighted by Crippen LogP contribution is -2.57. The first-order chi connectivity index (χ1) is 20.1. The first-order valence-electron chi connectivity index (χ1n) is 12.7. The second-order valence-corrected chi connectivity index (χ2v) is 9.64. The molecule has 0 radical (unpaired) electrons. The molecule has 0 aliphatic carbocycles. The van der Waals surface area contributed by atoms with Crippen molar-refractivity contribution in [2.45, 2.75) is 49.6 Å². The largest absolute Gasteiger partial charge is 0.444 e. The standard InChI is InChI=1S/C26H25F5N4O7/c1-39-24-19(8-15-9-34(26(38)41-15)13-2-4-14(5-3-13)40-25(30)31)42-20(11-36)23(37)22(24)35-10-18(32-33-35)12-6-16(27)21(29)17(28)7-12/h2-7,10,15,19-20,22-25,36-37H,8-9,11H2,1H3/t15?,19-,20-,22+,23+,24+/m1/s1. The second kappa shape index (κ2) is 12.2. The lowest BCUT2D eigenvalue weighted by molar-refractivity contribution is -0.217. The number of halogens is 5. The molecule has 2 aliphatic heterocycles. The summed E-state index contributed by atoms with van der Waals surface area (Å²) in [6.45, 7) is -3.52. The van der Waals surface area contributed by atoms with Crippen molar-refractivity contribution >= 4 is 11.8 Å². The van der Waals surface area contributed by atoms with Crippen LogP contribution in [0.2, 0.25) is 0 Å². The van der Waals surface area contributed by atoms with E-state index in [1.54, 1.807) is 0 Å². The zero-order chi connectivity index (χ0) is 30.1. The Bertz CT molecular complexity index is 1390. The summed E-state index contributed by atoms with van der Waals surface area (Å²) in [7, 11) is 1.35. The number of alkyl halides is 2. The molecule has 6 atom stereocenters. The van der Waals surface area contributed by atoms with Crippen LogP contribution in [0, 0.1) is 17.5 Å². The van der Waals surface area contributed by atoms with Crippen LogP contribution in [0.5, 0.6) is 5.75 Å². The predicted octanol–water partition coefficient (Wildman–Crippen LogP) is 3.06. The zero-order valence-corrected chi connectivity index (χ0v) is 21.8. The van der Waals surface area contributed by atoms with E-state index in [1.165, 1.54) is 47.2 Å². The SMILES string of the molecule is CO[C@@H]1[C@@H](n2cc(-c3cc(F)c(F)c(F)c3)nn2)[C@@H](O)[C@@H](CO)O[C@@H]1CC1CN(c2ccc(OC(F)F)cc2)C(=O)O1. The van der Waals surface area contributed by atoms with Gasteiger partial charge in [-0.25, -0.2) is 22.6 Å². The number of anilines is 1. The van der Waals surface area contributed by atoms with E-state index in [-0.39, 0.29) is 30.0 Å². The molecule has 2 aromatic carbocycles. The van der Waals surface area contributed by atoms with Gasteiger partial charge in [-0.05, 0) is 36.4 Å². The van der Waals surface area contributed by atoms with Crippen molar-refractivity contribution in [2.24, 2.45) is 0 Å². The summed E-state index contributed by atoms with van der Waals surface area (Å²) in [5, 5.41) is 28.8. The highest BCUT2D eigenvalue weighted by atomic mass is 19.3. The van der Waals surface area contributed by atoms with Crippen LogP contribution in [-0.4, -0.2) is 88.7 Å². The van der Waals surface area contributed by atoms with Crippen LogP contribution in [0.1, 0.15) is 12.5 Å². The Morgan fingerprint density at radius 1 is 1.12 bits per heavy atom. The summed E-state index contributed by atoms with van der Waals surface area (Å²) >= 11 is 0. The molecule has 0 saturated carbocycles. The molecule has 3 aromatic rings. The fourth-order valence-corrected chi connectivity index (χ4v) is 5.14. The molecule has 2 fully saturated rings. The van der Waals surface area contributed by atoms with Crippen LogP contribution in [0.3, 0.4) is 0 Å². The number of amides is 1. The van der Waals surface area contributed by atoms with Gasteiger partial charge in [-0.2, -0.15) is 8.78 Å². The van der Waals surface area contributed by atoms with Gasteiger partial charge in [-0.1, -0.05) is 5.21 Å². The minimum atomic E-state index is -3.00. The monoisotopic (exact) mass is 600 g/mol. The van der Waals surface area contributed by atoms with Crippen molar-refractivity contribution in [3.8, 4) is 17.0 Å². The third-order valence-electron chi connectivity index (χ3n) is 7.07. The first kappa shape index (κ1) is 29.6. The van der Waals surface area contributed by atoms with Crippen LogP contribution < -0.4 is 9.64 Å². The average molecular weight is 600 g/mol. The highest BCUT2D eigenvalue weighted by Gasteiger charge is 2.49. The number of carbonyl (C=O) groups excluding carboxylic acids is 1. The Balaban J connectivity index is 1.34. The van der Waals surface area contributed by atoms with Gasteiger partial charge < -0.3 is 29.2 Å². The van der Waals surface area contributed by atoms with Gasteiger partial charge in [0.15, 0.2) is 17.5 Å². The van der Waals surface area contributed by atoms with Crippen LogP contribution in [0.4, 0.5) is 32.4 Å². The lowest BCUT2D eigenvalue weighted by Gasteiger charge is -2.44. The normalized spacial score (nSPS) is 26.1. The highest BCUT2D eigenvalue weighted by Crippen LogP contribution is 2.36. The van der Waals surface area contributed by atoms with Gasteiger partial charge in [0.25, 0.3) is 0 Å². The van der Waals surface area contributed by atoms with Crippen molar-refractivity contribution in [2.75, 3.05) is 25.2 Å². The number of hydrogen-bond donors (Lipinski definition) is 2. The molecule has 1 aromatic heterocycles. The molecule has 0 spiro atoms. The van der Waals surface area contributed by atoms with Gasteiger partial charge in [0.1, 0.15) is 41.9 Å². The number of benzene rings is 2. The van der Waals surface area contributed by atoms with E-state index < -0.39 is 73.3 Å². The number of rotatable bonds is 9. The van der Waals surface area contributed by atoms with E-state index in [9.17, 15) is 37.0 Å². The van der Waals surface area contributed by atoms with E-state index in [0.29, 0.717) is 5.69 Å². The molecule has 42 heavy (non-hydrogen) atoms. The summed E-state index contributed by atoms with van der Waals surface area (Å²) < 4.78 is 88.4. The van der Waals surface area contributed by atoms with Gasteiger partial charge in [-0.3, -0.25) is 4.90 Å². The maximum Gasteiger partial charge on any atom is 0.414 e. The van der Waals surface area contributed by atoms with E-state index in [0.717, 1.165) is 12.1 Å². The Hall–Kier alpha value is -3.86. The number of aliphatic hydroxyl groups is 2. The van der Waals surface area contributed by atoms with Crippen molar-refractivity contribution < 1.29 is 55.9 Å². The number of carbonyl (C=O) groups is 1. The van der Waals surface area contributed by atoms with Crippen LogP contribution in [0.15, 0.2) is 42.6 Å². The first-order valence-corrected chi connectivity index (χ1v) is 12.7. The Morgan fingerprint density at radius 3 is 2.43 bits per heavy atom. The van der Waals surface area contributed by atoms with Gasteiger partial charge in [-0.15, -0.1) is 5.10 Å². The van der Waals surface area contributed by atoms with Crippen LogP contribution in [-0.2, 0) is 14.2 Å². The minimum absolute atomic E-state index is 0.0243. The molecule has 16 heteroatoms. The summed E-state index contributed by atoms with van der Waals surface area (Å²) in [6.07, 6.45) is -4.36. The lowest BCUT2D eigenvalue weighted by atomic mass is 9.89. The third kappa shape index (κ3) is 5.88. The molecule has 5 rings (SSSR count). The van der Waals surface area contributed by atoms with Gasteiger partial charge >= 0.3 is 12.7 Å². The molecule has 2 N–H and O–H groups in total. The van der Waals surface area contributed by atoms with Gasteiger partial charge in [0.2, 0.25) is 0 Å². The smallest absolute Gasteiger partial charge is 0.414 e. The quantitative estimate of drug-likeness (QED) is 0.281. The molecule has 2 saturated heterocycles. The van der Waals surface area contributed by atoms with Crippen molar-refractivity contribution in [1.29, 1.82) is 0 Å². The van der Waals surface area contributed by atoms with Crippen LogP contribution in [0.25, 0.3) is 11.3 Å². The highest BCUT2D eigenvalue weighted by molar-refractivity contribution is 5.89. The molecule has 3 heterocycles. The number of aromatic nitrogens is 3. The summed E-state index contributed by atoms with van der Waals surface area (Å²) in [4.78, 5) is 13.9. The van der Waals surface area contributed by atoms with Gasteiger partial charge in [0.05, 0.1) is 25.5 Å². The molecule has 11 nitrogen and oxygen atoms in total.